The van der Waals surface area contributed by atoms with Crippen molar-refractivity contribution in [1.29, 1.82) is 0 Å². The monoisotopic (exact) mass is 402 g/mol. The first-order valence-corrected chi connectivity index (χ1v) is 7.38. The molecule has 0 saturated heterocycles. The average molecular weight is 402 g/mol. The molecule has 0 aliphatic heterocycles. The van der Waals surface area contributed by atoms with Crippen molar-refractivity contribution in [3.8, 4) is 23.0 Å². The fourth-order valence-electron chi connectivity index (χ4n) is 2.06. The second-order valence-electron chi connectivity index (χ2n) is 4.23. The summed E-state index contributed by atoms with van der Waals surface area (Å²) in [4.78, 5) is 11.7. The van der Waals surface area contributed by atoms with Gasteiger partial charge in [0.15, 0.2) is 11.5 Å². The van der Waals surface area contributed by atoms with Crippen molar-refractivity contribution >= 4 is 39.3 Å². The summed E-state index contributed by atoms with van der Waals surface area (Å²) in [5.41, 5.74) is 0. The molecule has 0 unspecified atom stereocenters. The molecule has 0 heterocycles. The Morgan fingerprint density at radius 2 is 1.86 bits per heavy atom. The van der Waals surface area contributed by atoms with Crippen LogP contribution in [-0.2, 0) is 4.79 Å². The molecule has 0 aliphatic carbocycles. The maximum Gasteiger partial charge on any atom is 0.311 e. The van der Waals surface area contributed by atoms with Gasteiger partial charge in [0.2, 0.25) is 11.5 Å². The van der Waals surface area contributed by atoms with Crippen molar-refractivity contribution in [3.63, 3.8) is 0 Å². The first kappa shape index (κ1) is 15.7. The quantitative estimate of drug-likeness (QED) is 0.482. The van der Waals surface area contributed by atoms with Crippen molar-refractivity contribution in [2.45, 2.75) is 13.3 Å². The van der Waals surface area contributed by atoms with Gasteiger partial charge in [0, 0.05) is 20.8 Å². The maximum atomic E-state index is 11.7. The number of benzene rings is 2. The standard InChI is InChI=1S/C15H15IO5/c1-4-10(17)21-13-11-8(6-5-7-9(11)16)12(18)14(19-2)15(13)20-3/h5-7,18H,4H2,1-3H3. The van der Waals surface area contributed by atoms with Crippen LogP contribution in [0.1, 0.15) is 13.3 Å². The van der Waals surface area contributed by atoms with Gasteiger partial charge in [-0.15, -0.1) is 0 Å². The van der Waals surface area contributed by atoms with E-state index >= 15 is 0 Å². The number of hydrogen-bond acceptors (Lipinski definition) is 5. The molecule has 0 saturated carbocycles. The molecule has 2 aromatic rings. The molecular formula is C15H15IO5. The highest BCUT2D eigenvalue weighted by Gasteiger charge is 2.24. The van der Waals surface area contributed by atoms with Gasteiger partial charge >= 0.3 is 5.97 Å². The van der Waals surface area contributed by atoms with Crippen LogP contribution in [0.25, 0.3) is 10.8 Å². The zero-order valence-electron chi connectivity index (χ0n) is 11.9. The van der Waals surface area contributed by atoms with Gasteiger partial charge in [-0.25, -0.2) is 0 Å². The van der Waals surface area contributed by atoms with E-state index in [0.717, 1.165) is 3.57 Å². The van der Waals surface area contributed by atoms with Crippen LogP contribution in [0.5, 0.6) is 23.0 Å². The largest absolute Gasteiger partial charge is 0.504 e. The number of phenolic OH excluding ortho intramolecular Hbond substituents is 1. The van der Waals surface area contributed by atoms with E-state index < -0.39 is 0 Å². The van der Waals surface area contributed by atoms with Crippen LogP contribution in [0, 0.1) is 3.57 Å². The number of ether oxygens (including phenoxy) is 3. The van der Waals surface area contributed by atoms with Crippen molar-refractivity contribution in [2.24, 2.45) is 0 Å². The minimum absolute atomic E-state index is 0.0424. The fraction of sp³-hybridized carbons (Fsp3) is 0.267. The number of phenols is 1. The van der Waals surface area contributed by atoms with E-state index in [-0.39, 0.29) is 35.4 Å². The van der Waals surface area contributed by atoms with Gasteiger partial charge in [-0.2, -0.15) is 0 Å². The number of methoxy groups -OCH3 is 2. The Hall–Kier alpha value is -1.70. The van der Waals surface area contributed by atoms with E-state index in [1.165, 1.54) is 14.2 Å². The summed E-state index contributed by atoms with van der Waals surface area (Å²) in [6.07, 6.45) is 0.233. The lowest BCUT2D eigenvalue weighted by Crippen LogP contribution is -2.08. The predicted octanol–water partition coefficient (Wildman–Crippen LogP) is 3.48. The summed E-state index contributed by atoms with van der Waals surface area (Å²) in [7, 11) is 2.85. The number of esters is 1. The summed E-state index contributed by atoms with van der Waals surface area (Å²) in [5.74, 6) is 0.180. The van der Waals surface area contributed by atoms with E-state index in [0.29, 0.717) is 10.8 Å². The van der Waals surface area contributed by atoms with Crippen LogP contribution in [0.4, 0.5) is 0 Å². The highest BCUT2D eigenvalue weighted by atomic mass is 127. The zero-order valence-corrected chi connectivity index (χ0v) is 14.1. The molecule has 6 heteroatoms. The summed E-state index contributed by atoms with van der Waals surface area (Å²) in [5, 5.41) is 11.5. The van der Waals surface area contributed by atoms with E-state index in [9.17, 15) is 9.90 Å². The number of carbonyl (C=O) groups excluding carboxylic acids is 1. The van der Waals surface area contributed by atoms with E-state index in [1.54, 1.807) is 19.1 Å². The lowest BCUT2D eigenvalue weighted by molar-refractivity contribution is -0.134. The lowest BCUT2D eigenvalue weighted by atomic mass is 10.1. The third-order valence-corrected chi connectivity index (χ3v) is 3.94. The predicted molar refractivity (Wildman–Crippen MR) is 87.4 cm³/mol. The van der Waals surface area contributed by atoms with Crippen molar-refractivity contribution < 1.29 is 24.1 Å². The first-order valence-electron chi connectivity index (χ1n) is 6.30. The third kappa shape index (κ3) is 2.72. The molecule has 5 nitrogen and oxygen atoms in total. The zero-order chi connectivity index (χ0) is 15.6. The van der Waals surface area contributed by atoms with Gasteiger partial charge in [0.1, 0.15) is 0 Å². The molecule has 21 heavy (non-hydrogen) atoms. The molecule has 0 amide bonds. The minimum atomic E-state index is -0.387. The van der Waals surface area contributed by atoms with E-state index in [4.69, 9.17) is 14.2 Å². The van der Waals surface area contributed by atoms with Gasteiger partial charge in [-0.3, -0.25) is 4.79 Å². The molecular weight excluding hydrogens is 387 g/mol. The molecule has 112 valence electrons. The Labute approximate surface area is 135 Å². The van der Waals surface area contributed by atoms with Crippen molar-refractivity contribution in [2.75, 3.05) is 14.2 Å². The SMILES string of the molecule is CCC(=O)Oc1c(OC)c(OC)c(O)c2cccc(I)c12. The minimum Gasteiger partial charge on any atom is -0.504 e. The Morgan fingerprint density at radius 1 is 1.19 bits per heavy atom. The van der Waals surface area contributed by atoms with Gasteiger partial charge < -0.3 is 19.3 Å². The molecule has 0 spiro atoms. The van der Waals surface area contributed by atoms with Crippen LogP contribution in [0.2, 0.25) is 0 Å². The second-order valence-corrected chi connectivity index (χ2v) is 5.40. The molecule has 0 atom stereocenters. The molecule has 0 aliphatic rings. The molecule has 1 N–H and O–H groups in total. The molecule has 2 rings (SSSR count). The van der Waals surface area contributed by atoms with Crippen LogP contribution in [0.15, 0.2) is 18.2 Å². The fourth-order valence-corrected chi connectivity index (χ4v) is 2.80. The van der Waals surface area contributed by atoms with E-state index in [2.05, 4.69) is 22.6 Å². The Bertz CT molecular complexity index is 696. The third-order valence-electron chi connectivity index (χ3n) is 3.04. The van der Waals surface area contributed by atoms with Gasteiger partial charge in [0.25, 0.3) is 0 Å². The van der Waals surface area contributed by atoms with Crippen LogP contribution >= 0.6 is 22.6 Å². The van der Waals surface area contributed by atoms with Crippen LogP contribution in [-0.4, -0.2) is 25.3 Å². The van der Waals surface area contributed by atoms with Gasteiger partial charge in [-0.1, -0.05) is 19.1 Å². The van der Waals surface area contributed by atoms with Crippen molar-refractivity contribution in [1.82, 2.24) is 0 Å². The molecule has 0 radical (unpaired) electrons. The van der Waals surface area contributed by atoms with E-state index in [1.807, 2.05) is 6.07 Å². The normalized spacial score (nSPS) is 10.5. The highest BCUT2D eigenvalue weighted by Crippen LogP contribution is 2.51. The summed E-state index contributed by atoms with van der Waals surface area (Å²) >= 11 is 2.12. The molecule has 2 aromatic carbocycles. The maximum absolute atomic E-state index is 11.7. The molecule has 0 aromatic heterocycles. The topological polar surface area (TPSA) is 65.0 Å². The molecule has 0 fully saturated rings. The first-order chi connectivity index (χ1) is 10.0. The van der Waals surface area contributed by atoms with Gasteiger partial charge in [-0.05, 0) is 28.7 Å². The number of aromatic hydroxyl groups is 1. The van der Waals surface area contributed by atoms with Crippen LogP contribution < -0.4 is 14.2 Å². The van der Waals surface area contributed by atoms with Crippen LogP contribution in [0.3, 0.4) is 0 Å². The summed E-state index contributed by atoms with van der Waals surface area (Å²) in [6, 6.07) is 5.40. The lowest BCUT2D eigenvalue weighted by Gasteiger charge is -2.17. The average Bonchev–Trinajstić information content (AvgIpc) is 2.49. The Kier molecular flexibility index (Phi) is 4.76. The van der Waals surface area contributed by atoms with Gasteiger partial charge in [0.05, 0.1) is 14.2 Å². The summed E-state index contributed by atoms with van der Waals surface area (Å²) < 4.78 is 16.7. The second kappa shape index (κ2) is 6.38. The Balaban J connectivity index is 2.89. The number of halogens is 1. The van der Waals surface area contributed by atoms with Crippen molar-refractivity contribution in [3.05, 3.63) is 21.8 Å². The Morgan fingerprint density at radius 3 is 2.43 bits per heavy atom. The number of carbonyl (C=O) groups is 1. The smallest absolute Gasteiger partial charge is 0.311 e. The molecule has 0 bridgehead atoms. The number of fused-ring (bicyclic) bond motifs is 1. The number of hydrogen-bond donors (Lipinski definition) is 1. The highest BCUT2D eigenvalue weighted by molar-refractivity contribution is 14.1. The number of rotatable bonds is 4. The summed E-state index contributed by atoms with van der Waals surface area (Å²) in [6.45, 7) is 1.71.